The molecule has 1 fully saturated rings. The van der Waals surface area contributed by atoms with Gasteiger partial charge in [-0.1, -0.05) is 17.7 Å². The quantitative estimate of drug-likeness (QED) is 0.924. The molecule has 1 N–H and O–H groups in total. The number of hydrogen-bond acceptors (Lipinski definition) is 3. The zero-order chi connectivity index (χ0) is 15.4. The summed E-state index contributed by atoms with van der Waals surface area (Å²) in [5.41, 5.74) is 0.444. The Labute approximate surface area is 129 Å². The van der Waals surface area contributed by atoms with Gasteiger partial charge in [-0.3, -0.25) is 9.59 Å². The minimum atomic E-state index is -0.305. The fourth-order valence-electron chi connectivity index (χ4n) is 2.38. The molecule has 0 radical (unpaired) electrons. The molecule has 1 saturated heterocycles. The summed E-state index contributed by atoms with van der Waals surface area (Å²) in [6.45, 7) is 4.94. The average Bonchev–Trinajstić information content (AvgIpc) is 2.43. The van der Waals surface area contributed by atoms with Gasteiger partial charge >= 0.3 is 0 Å². The van der Waals surface area contributed by atoms with E-state index in [4.69, 9.17) is 16.3 Å². The van der Waals surface area contributed by atoms with E-state index in [-0.39, 0.29) is 30.6 Å². The predicted molar refractivity (Wildman–Crippen MR) is 80.4 cm³/mol. The van der Waals surface area contributed by atoms with Gasteiger partial charge in [-0.25, -0.2) is 0 Å². The summed E-state index contributed by atoms with van der Waals surface area (Å²) in [6.07, 6.45) is 0.0302. The molecule has 2 unspecified atom stereocenters. The highest BCUT2D eigenvalue weighted by Crippen LogP contribution is 2.11. The standard InChI is InChI=1S/C15H19ClN2O3/c1-10-8-18(9-11(2)21-10)14(19)7-17-15(20)12-4-3-5-13(16)6-12/h3-6,10-11H,7-9H2,1-2H3,(H,17,20). The van der Waals surface area contributed by atoms with Gasteiger partial charge in [0, 0.05) is 23.7 Å². The number of ether oxygens (including phenoxy) is 1. The van der Waals surface area contributed by atoms with Crippen LogP contribution in [0.25, 0.3) is 0 Å². The molecule has 2 atom stereocenters. The lowest BCUT2D eigenvalue weighted by Crippen LogP contribution is -2.51. The number of hydrogen-bond donors (Lipinski definition) is 1. The van der Waals surface area contributed by atoms with Gasteiger partial charge in [-0.2, -0.15) is 0 Å². The minimum absolute atomic E-state index is 0.0151. The van der Waals surface area contributed by atoms with Gasteiger partial charge in [-0.05, 0) is 32.0 Å². The maximum absolute atomic E-state index is 12.1. The van der Waals surface area contributed by atoms with Crippen LogP contribution in [-0.2, 0) is 9.53 Å². The normalized spacial score (nSPS) is 22.0. The number of amides is 2. The van der Waals surface area contributed by atoms with Crippen LogP contribution in [0.3, 0.4) is 0 Å². The maximum Gasteiger partial charge on any atom is 0.251 e. The van der Waals surface area contributed by atoms with Crippen LogP contribution in [-0.4, -0.2) is 48.6 Å². The molecular formula is C15H19ClN2O3. The molecule has 1 aromatic carbocycles. The molecule has 0 bridgehead atoms. The number of carbonyl (C=O) groups is 2. The fourth-order valence-corrected chi connectivity index (χ4v) is 2.57. The molecular weight excluding hydrogens is 292 g/mol. The van der Waals surface area contributed by atoms with Crippen molar-refractivity contribution in [2.24, 2.45) is 0 Å². The van der Waals surface area contributed by atoms with Crippen molar-refractivity contribution in [2.45, 2.75) is 26.1 Å². The van der Waals surface area contributed by atoms with Crippen LogP contribution in [0.4, 0.5) is 0 Å². The van der Waals surface area contributed by atoms with Crippen LogP contribution < -0.4 is 5.32 Å². The number of morpholine rings is 1. The molecule has 0 spiro atoms. The first-order chi connectivity index (χ1) is 9.95. The van der Waals surface area contributed by atoms with Crippen molar-refractivity contribution >= 4 is 23.4 Å². The van der Waals surface area contributed by atoms with Crippen molar-refractivity contribution in [3.63, 3.8) is 0 Å². The zero-order valence-corrected chi connectivity index (χ0v) is 12.9. The average molecular weight is 311 g/mol. The predicted octanol–water partition coefficient (Wildman–Crippen LogP) is 1.71. The second-order valence-electron chi connectivity index (χ2n) is 5.25. The summed E-state index contributed by atoms with van der Waals surface area (Å²) in [4.78, 5) is 25.8. The summed E-state index contributed by atoms with van der Waals surface area (Å²) in [5, 5.41) is 3.11. The minimum Gasteiger partial charge on any atom is -0.372 e. The third kappa shape index (κ3) is 4.44. The van der Waals surface area contributed by atoms with E-state index in [1.54, 1.807) is 29.2 Å². The first kappa shape index (κ1) is 15.8. The van der Waals surface area contributed by atoms with Crippen molar-refractivity contribution < 1.29 is 14.3 Å². The second-order valence-corrected chi connectivity index (χ2v) is 5.69. The second kappa shape index (κ2) is 6.91. The van der Waals surface area contributed by atoms with Crippen molar-refractivity contribution in [3.8, 4) is 0 Å². The van der Waals surface area contributed by atoms with E-state index in [0.29, 0.717) is 23.7 Å². The van der Waals surface area contributed by atoms with Gasteiger partial charge in [0.2, 0.25) is 5.91 Å². The molecule has 0 aromatic heterocycles. The Morgan fingerprint density at radius 1 is 1.33 bits per heavy atom. The van der Waals surface area contributed by atoms with E-state index < -0.39 is 0 Å². The number of benzene rings is 1. The van der Waals surface area contributed by atoms with E-state index >= 15 is 0 Å². The van der Waals surface area contributed by atoms with Crippen LogP contribution >= 0.6 is 11.6 Å². The Balaban J connectivity index is 1.87. The molecule has 5 nitrogen and oxygen atoms in total. The summed E-state index contributed by atoms with van der Waals surface area (Å²) in [5.74, 6) is -0.410. The first-order valence-electron chi connectivity index (χ1n) is 6.92. The van der Waals surface area contributed by atoms with Crippen LogP contribution in [0.1, 0.15) is 24.2 Å². The highest BCUT2D eigenvalue weighted by Gasteiger charge is 2.25. The summed E-state index contributed by atoms with van der Waals surface area (Å²) < 4.78 is 5.58. The van der Waals surface area contributed by atoms with Gasteiger partial charge in [0.05, 0.1) is 18.8 Å². The van der Waals surface area contributed by atoms with Crippen LogP contribution in [0, 0.1) is 0 Å². The van der Waals surface area contributed by atoms with E-state index in [0.717, 1.165) is 0 Å². The van der Waals surface area contributed by atoms with E-state index in [2.05, 4.69) is 5.32 Å². The van der Waals surface area contributed by atoms with Crippen LogP contribution in [0.5, 0.6) is 0 Å². The molecule has 1 heterocycles. The number of halogens is 1. The van der Waals surface area contributed by atoms with Gasteiger partial charge in [0.25, 0.3) is 5.91 Å². The lowest BCUT2D eigenvalue weighted by Gasteiger charge is -2.35. The molecule has 6 heteroatoms. The number of carbonyl (C=O) groups excluding carboxylic acids is 2. The van der Waals surface area contributed by atoms with Gasteiger partial charge in [0.1, 0.15) is 0 Å². The highest BCUT2D eigenvalue weighted by molar-refractivity contribution is 6.30. The third-order valence-corrected chi connectivity index (χ3v) is 3.49. The SMILES string of the molecule is CC1CN(C(=O)CNC(=O)c2cccc(Cl)c2)CC(C)O1. The Kier molecular flexibility index (Phi) is 5.20. The highest BCUT2D eigenvalue weighted by atomic mass is 35.5. The zero-order valence-electron chi connectivity index (χ0n) is 12.1. The third-order valence-electron chi connectivity index (χ3n) is 3.26. The van der Waals surface area contributed by atoms with Gasteiger partial charge in [-0.15, -0.1) is 0 Å². The topological polar surface area (TPSA) is 58.6 Å². The van der Waals surface area contributed by atoms with Crippen molar-refractivity contribution in [2.75, 3.05) is 19.6 Å². The molecule has 21 heavy (non-hydrogen) atoms. The molecule has 1 aliphatic rings. The van der Waals surface area contributed by atoms with Crippen LogP contribution in [0.15, 0.2) is 24.3 Å². The smallest absolute Gasteiger partial charge is 0.251 e. The number of nitrogens with one attached hydrogen (secondary N) is 1. The van der Waals surface area contributed by atoms with E-state index in [9.17, 15) is 9.59 Å². The molecule has 1 aromatic rings. The molecule has 114 valence electrons. The number of nitrogens with zero attached hydrogens (tertiary/aromatic N) is 1. The Bertz CT molecular complexity index is 525. The lowest BCUT2D eigenvalue weighted by atomic mass is 10.2. The fraction of sp³-hybridized carbons (Fsp3) is 0.467. The lowest BCUT2D eigenvalue weighted by molar-refractivity contribution is -0.142. The Morgan fingerprint density at radius 3 is 2.62 bits per heavy atom. The Hall–Kier alpha value is -1.59. The van der Waals surface area contributed by atoms with E-state index in [1.165, 1.54) is 0 Å². The van der Waals surface area contributed by atoms with Crippen molar-refractivity contribution in [3.05, 3.63) is 34.9 Å². The van der Waals surface area contributed by atoms with Crippen LogP contribution in [0.2, 0.25) is 5.02 Å². The molecule has 2 rings (SSSR count). The monoisotopic (exact) mass is 310 g/mol. The summed E-state index contributed by atoms with van der Waals surface area (Å²) >= 11 is 5.84. The summed E-state index contributed by atoms with van der Waals surface area (Å²) in [7, 11) is 0. The summed E-state index contributed by atoms with van der Waals surface area (Å²) in [6, 6.07) is 6.62. The van der Waals surface area contributed by atoms with Gasteiger partial charge in [0.15, 0.2) is 0 Å². The van der Waals surface area contributed by atoms with Gasteiger partial charge < -0.3 is 15.0 Å². The largest absolute Gasteiger partial charge is 0.372 e. The maximum atomic E-state index is 12.1. The molecule has 0 saturated carbocycles. The number of rotatable bonds is 3. The molecule has 0 aliphatic carbocycles. The first-order valence-corrected chi connectivity index (χ1v) is 7.30. The molecule has 2 amide bonds. The Morgan fingerprint density at radius 2 is 2.00 bits per heavy atom. The molecule has 1 aliphatic heterocycles. The van der Waals surface area contributed by atoms with E-state index in [1.807, 2.05) is 13.8 Å². The van der Waals surface area contributed by atoms with Crippen molar-refractivity contribution in [1.29, 1.82) is 0 Å². The van der Waals surface area contributed by atoms with Crippen molar-refractivity contribution in [1.82, 2.24) is 10.2 Å².